The number of aliphatic hydroxyl groups is 1. The normalized spacial score (nSPS) is 18.4. The number of nitrogens with zero attached hydrogens (tertiary/aromatic N) is 1. The third-order valence-electron chi connectivity index (χ3n) is 3.59. The van der Waals surface area contributed by atoms with Crippen molar-refractivity contribution in [3.63, 3.8) is 0 Å². The molecule has 2 rings (SSSR count). The Kier molecular flexibility index (Phi) is 4.01. The Morgan fingerprint density at radius 1 is 1.45 bits per heavy atom. The summed E-state index contributed by atoms with van der Waals surface area (Å²) in [5.41, 5.74) is 6.77. The highest BCUT2D eigenvalue weighted by Gasteiger charge is 2.40. The van der Waals surface area contributed by atoms with Crippen LogP contribution in [0.3, 0.4) is 0 Å². The molecular formula is C15H22N2O3. The third-order valence-corrected chi connectivity index (χ3v) is 3.59. The Balaban J connectivity index is 2.48. The molecule has 5 nitrogen and oxygen atoms in total. The summed E-state index contributed by atoms with van der Waals surface area (Å²) >= 11 is 0. The third kappa shape index (κ3) is 2.51. The maximum Gasteiger partial charge on any atom is 0.270 e. The fourth-order valence-corrected chi connectivity index (χ4v) is 2.37. The summed E-state index contributed by atoms with van der Waals surface area (Å²) in [6.45, 7) is 5.64. The van der Waals surface area contributed by atoms with E-state index in [4.69, 9.17) is 10.5 Å². The summed E-state index contributed by atoms with van der Waals surface area (Å²) < 4.78 is 5.76. The first-order valence-electron chi connectivity index (χ1n) is 6.92. The number of fused-ring (bicyclic) bond motifs is 1. The van der Waals surface area contributed by atoms with Gasteiger partial charge in [0.25, 0.3) is 5.91 Å². The second-order valence-electron chi connectivity index (χ2n) is 5.53. The van der Waals surface area contributed by atoms with Crippen LogP contribution in [0, 0.1) is 0 Å². The number of benzene rings is 1. The summed E-state index contributed by atoms with van der Waals surface area (Å²) in [5, 5.41) is 9.20. The van der Waals surface area contributed by atoms with E-state index in [9.17, 15) is 9.90 Å². The van der Waals surface area contributed by atoms with Crippen LogP contribution in [-0.2, 0) is 4.79 Å². The lowest BCUT2D eigenvalue weighted by Crippen LogP contribution is -2.53. The molecule has 0 aliphatic carbocycles. The predicted molar refractivity (Wildman–Crippen MR) is 77.8 cm³/mol. The Labute approximate surface area is 119 Å². The zero-order chi connectivity index (χ0) is 14.9. The number of rotatable bonds is 4. The van der Waals surface area contributed by atoms with Crippen LogP contribution in [0.5, 0.6) is 5.75 Å². The molecule has 1 aromatic carbocycles. The summed E-state index contributed by atoms with van der Waals surface area (Å²) in [6, 6.07) is 5.59. The second-order valence-corrected chi connectivity index (χ2v) is 5.53. The number of nitrogens with two attached hydrogens (primary N) is 1. The van der Waals surface area contributed by atoms with Crippen LogP contribution in [0.15, 0.2) is 18.2 Å². The first-order valence-corrected chi connectivity index (χ1v) is 6.92. The van der Waals surface area contributed by atoms with Crippen molar-refractivity contribution in [3.05, 3.63) is 23.8 Å². The highest BCUT2D eigenvalue weighted by atomic mass is 16.5. The number of anilines is 1. The van der Waals surface area contributed by atoms with Crippen LogP contribution in [0.4, 0.5) is 5.69 Å². The average Bonchev–Trinajstić information content (AvgIpc) is 2.42. The van der Waals surface area contributed by atoms with Gasteiger partial charge < -0.3 is 20.5 Å². The monoisotopic (exact) mass is 278 g/mol. The molecular weight excluding hydrogens is 256 g/mol. The number of aliphatic hydroxyl groups excluding tert-OH is 1. The Morgan fingerprint density at radius 2 is 2.15 bits per heavy atom. The van der Waals surface area contributed by atoms with Gasteiger partial charge in [-0.3, -0.25) is 4.79 Å². The van der Waals surface area contributed by atoms with Crippen LogP contribution < -0.4 is 15.4 Å². The number of ether oxygens (including phenoxy) is 1. The number of carbonyl (C=O) groups excluding carboxylic acids is 1. The van der Waals surface area contributed by atoms with Crippen molar-refractivity contribution in [3.8, 4) is 5.75 Å². The zero-order valence-electron chi connectivity index (χ0n) is 12.2. The fraction of sp³-hybridized carbons (Fsp3) is 0.533. The second kappa shape index (κ2) is 5.42. The molecule has 1 heterocycles. The van der Waals surface area contributed by atoms with Gasteiger partial charge >= 0.3 is 0 Å². The van der Waals surface area contributed by atoms with E-state index in [1.54, 1.807) is 18.7 Å². The maximum atomic E-state index is 12.4. The molecule has 20 heavy (non-hydrogen) atoms. The quantitative estimate of drug-likeness (QED) is 0.877. The standard InChI is InChI=1S/C15H22N2O3/c1-4-11(16)10-5-6-13-12(9-10)17(7-8-18)14(19)15(2,3)20-13/h5-6,9,11,18H,4,7-8,16H2,1-3H3. The lowest BCUT2D eigenvalue weighted by molar-refractivity contribution is -0.132. The Bertz CT molecular complexity index is 514. The number of carbonyl (C=O) groups is 1. The number of hydrogen-bond donors (Lipinski definition) is 2. The molecule has 0 radical (unpaired) electrons. The molecule has 0 saturated carbocycles. The van der Waals surface area contributed by atoms with Crippen LogP contribution in [0.2, 0.25) is 0 Å². The molecule has 1 unspecified atom stereocenters. The minimum Gasteiger partial charge on any atom is -0.476 e. The molecule has 0 fully saturated rings. The van der Waals surface area contributed by atoms with Crippen LogP contribution in [0.25, 0.3) is 0 Å². The van der Waals surface area contributed by atoms with Gasteiger partial charge in [0.15, 0.2) is 5.60 Å². The smallest absolute Gasteiger partial charge is 0.270 e. The minimum atomic E-state index is -0.920. The van der Waals surface area contributed by atoms with E-state index < -0.39 is 5.60 Å². The molecule has 0 bridgehead atoms. The van der Waals surface area contributed by atoms with Gasteiger partial charge in [-0.05, 0) is 38.0 Å². The highest BCUT2D eigenvalue weighted by Crippen LogP contribution is 2.39. The van der Waals surface area contributed by atoms with E-state index in [1.807, 2.05) is 25.1 Å². The van der Waals surface area contributed by atoms with Gasteiger partial charge in [0, 0.05) is 12.6 Å². The minimum absolute atomic E-state index is 0.0682. The van der Waals surface area contributed by atoms with Gasteiger partial charge in [0.1, 0.15) is 5.75 Å². The maximum absolute atomic E-state index is 12.4. The number of hydrogen-bond acceptors (Lipinski definition) is 4. The van der Waals surface area contributed by atoms with Crippen LogP contribution in [0.1, 0.15) is 38.8 Å². The summed E-state index contributed by atoms with van der Waals surface area (Å²) in [4.78, 5) is 14.0. The largest absolute Gasteiger partial charge is 0.476 e. The highest BCUT2D eigenvalue weighted by molar-refractivity contribution is 6.02. The molecule has 3 N–H and O–H groups in total. The van der Waals surface area contributed by atoms with Crippen molar-refractivity contribution in [2.75, 3.05) is 18.1 Å². The van der Waals surface area contributed by atoms with E-state index in [0.717, 1.165) is 12.0 Å². The van der Waals surface area contributed by atoms with Crippen molar-refractivity contribution >= 4 is 11.6 Å². The summed E-state index contributed by atoms with van der Waals surface area (Å²) in [6.07, 6.45) is 0.819. The van der Waals surface area contributed by atoms with Gasteiger partial charge in [0.2, 0.25) is 0 Å². The topological polar surface area (TPSA) is 75.8 Å². The van der Waals surface area contributed by atoms with E-state index in [-0.39, 0.29) is 25.1 Å². The molecule has 110 valence electrons. The molecule has 5 heteroatoms. The van der Waals surface area contributed by atoms with E-state index in [2.05, 4.69) is 0 Å². The summed E-state index contributed by atoms with van der Waals surface area (Å²) in [7, 11) is 0. The van der Waals surface area contributed by atoms with Crippen molar-refractivity contribution < 1.29 is 14.6 Å². The molecule has 1 amide bonds. The average molecular weight is 278 g/mol. The molecule has 1 aliphatic heterocycles. The van der Waals surface area contributed by atoms with Gasteiger partial charge in [-0.25, -0.2) is 0 Å². The number of β-amino-alcohol motifs (C(OH)–C–C–N with tert-alkyl or cyclic N) is 1. The van der Waals surface area contributed by atoms with E-state index >= 15 is 0 Å². The molecule has 0 spiro atoms. The Morgan fingerprint density at radius 3 is 2.75 bits per heavy atom. The van der Waals surface area contributed by atoms with Crippen molar-refractivity contribution in [1.82, 2.24) is 0 Å². The van der Waals surface area contributed by atoms with Crippen LogP contribution in [-0.4, -0.2) is 29.8 Å². The summed E-state index contributed by atoms with van der Waals surface area (Å²) in [5.74, 6) is 0.497. The van der Waals surface area contributed by atoms with Gasteiger partial charge in [-0.2, -0.15) is 0 Å². The van der Waals surface area contributed by atoms with E-state index in [0.29, 0.717) is 11.4 Å². The lowest BCUT2D eigenvalue weighted by atomic mass is 10.00. The van der Waals surface area contributed by atoms with E-state index in [1.165, 1.54) is 0 Å². The van der Waals surface area contributed by atoms with Gasteiger partial charge in [-0.15, -0.1) is 0 Å². The fourth-order valence-electron chi connectivity index (χ4n) is 2.37. The number of amides is 1. The first-order chi connectivity index (χ1) is 9.40. The zero-order valence-corrected chi connectivity index (χ0v) is 12.2. The SMILES string of the molecule is CCC(N)c1ccc2c(c1)N(CCO)C(=O)C(C)(C)O2. The van der Waals surface area contributed by atoms with Crippen molar-refractivity contribution in [2.45, 2.75) is 38.8 Å². The molecule has 0 saturated heterocycles. The predicted octanol–water partition coefficient (Wildman–Crippen LogP) is 1.59. The van der Waals surface area contributed by atoms with Gasteiger partial charge in [0.05, 0.1) is 12.3 Å². The Hall–Kier alpha value is -1.59. The molecule has 0 aromatic heterocycles. The van der Waals surface area contributed by atoms with Gasteiger partial charge in [-0.1, -0.05) is 13.0 Å². The molecule has 1 aromatic rings. The van der Waals surface area contributed by atoms with Crippen LogP contribution >= 0.6 is 0 Å². The van der Waals surface area contributed by atoms with Crippen molar-refractivity contribution in [2.24, 2.45) is 5.73 Å². The molecule has 1 aliphatic rings. The first kappa shape index (κ1) is 14.8. The lowest BCUT2D eigenvalue weighted by Gasteiger charge is -2.39. The molecule has 1 atom stereocenters. The van der Waals surface area contributed by atoms with Crippen molar-refractivity contribution in [1.29, 1.82) is 0 Å².